The van der Waals surface area contributed by atoms with Crippen molar-refractivity contribution in [2.45, 2.75) is 6.92 Å². The average molecular weight is 163 g/mol. The highest BCUT2D eigenvalue weighted by molar-refractivity contribution is 8.24. The summed E-state index contributed by atoms with van der Waals surface area (Å²) in [6.07, 6.45) is 0.862. The van der Waals surface area contributed by atoms with Crippen LogP contribution in [-0.4, -0.2) is 9.12 Å². The van der Waals surface area contributed by atoms with Gasteiger partial charge in [-0.3, -0.25) is 10.1 Å². The normalized spacial score (nSPS) is 9.89. The molecule has 0 amide bonds. The van der Waals surface area contributed by atoms with E-state index in [1.165, 1.54) is 17.2 Å². The molecule has 0 aliphatic rings. The molecule has 0 saturated carbocycles. The summed E-state index contributed by atoms with van der Waals surface area (Å²) in [4.78, 5) is 9.12. The number of hydrogen-bond donors (Lipinski definition) is 0. The molecule has 0 aromatic heterocycles. The van der Waals surface area contributed by atoms with E-state index in [-0.39, 0.29) is 0 Å². The highest BCUT2D eigenvalue weighted by atomic mass is 32.2. The first-order valence-corrected chi connectivity index (χ1v) is 3.39. The molecule has 0 radical (unpaired) electrons. The minimum atomic E-state index is -0.523. The molecular weight excluding hydrogens is 158 g/mol. The van der Waals surface area contributed by atoms with Gasteiger partial charge in [-0.15, -0.1) is 0 Å². The molecule has 0 saturated heterocycles. The molecule has 0 spiro atoms. The molecule has 0 aromatic carbocycles. The fraction of sp³-hybridized carbons (Fsp3) is 0.250. The predicted octanol–water partition coefficient (Wildman–Crippen LogP) is 1.81. The van der Waals surface area contributed by atoms with Crippen LogP contribution in [0.25, 0.3) is 0 Å². The highest BCUT2D eigenvalue weighted by Crippen LogP contribution is 2.03. The molecule has 0 aliphatic carbocycles. The van der Waals surface area contributed by atoms with Crippen molar-refractivity contribution < 1.29 is 4.92 Å². The molecule has 9 heavy (non-hydrogen) atoms. The van der Waals surface area contributed by atoms with E-state index in [0.717, 1.165) is 6.20 Å². The quantitative estimate of drug-likeness (QED) is 0.354. The first kappa shape index (κ1) is 8.58. The Morgan fingerprint density at radius 2 is 2.44 bits per heavy atom. The zero-order chi connectivity index (χ0) is 7.28. The van der Waals surface area contributed by atoms with E-state index in [1.807, 2.05) is 0 Å². The Morgan fingerprint density at radius 1 is 1.89 bits per heavy atom. The van der Waals surface area contributed by atoms with Crippen molar-refractivity contribution in [3.63, 3.8) is 0 Å². The molecule has 0 unspecified atom stereocenters. The maximum Gasteiger partial charge on any atom is 0.241 e. The van der Waals surface area contributed by atoms with E-state index < -0.39 is 4.92 Å². The summed E-state index contributed by atoms with van der Waals surface area (Å²) < 4.78 is 0.674. The second kappa shape index (κ2) is 4.46. The second-order valence-electron chi connectivity index (χ2n) is 1.18. The van der Waals surface area contributed by atoms with E-state index in [2.05, 4.69) is 12.2 Å². The molecule has 0 rings (SSSR count). The zero-order valence-corrected chi connectivity index (χ0v) is 6.37. The largest absolute Gasteiger partial charge is 0.259 e. The standard InChI is InChI=1S/C4H5NO2S2/c1-4(8)9-3-2-5(6)7/h2-3H,1H3/b3-2-. The van der Waals surface area contributed by atoms with E-state index in [4.69, 9.17) is 0 Å². The SMILES string of the molecule is CC(=S)S/C=C\[N+](=O)[O-]. The van der Waals surface area contributed by atoms with Crippen LogP contribution < -0.4 is 0 Å². The van der Waals surface area contributed by atoms with Crippen LogP contribution in [0.2, 0.25) is 0 Å². The summed E-state index contributed by atoms with van der Waals surface area (Å²) in [5, 5.41) is 11.0. The van der Waals surface area contributed by atoms with Crippen molar-refractivity contribution in [1.82, 2.24) is 0 Å². The number of thiocarbonyl (C=S) groups is 1. The number of nitrogens with zero attached hydrogens (tertiary/aromatic N) is 1. The van der Waals surface area contributed by atoms with Crippen LogP contribution in [0.15, 0.2) is 11.6 Å². The van der Waals surface area contributed by atoms with Gasteiger partial charge in [-0.1, -0.05) is 24.0 Å². The average Bonchev–Trinajstić information content (AvgIpc) is 1.63. The molecule has 0 aromatic rings. The Labute approximate surface area is 62.3 Å². The van der Waals surface area contributed by atoms with Crippen molar-refractivity contribution in [1.29, 1.82) is 0 Å². The summed E-state index contributed by atoms with van der Waals surface area (Å²) in [6, 6.07) is 0. The third-order valence-electron chi connectivity index (χ3n) is 0.417. The van der Waals surface area contributed by atoms with Gasteiger partial charge in [0.25, 0.3) is 0 Å². The summed E-state index contributed by atoms with van der Waals surface area (Å²) >= 11 is 5.81. The van der Waals surface area contributed by atoms with Crippen LogP contribution in [0.4, 0.5) is 0 Å². The van der Waals surface area contributed by atoms with Crippen LogP contribution in [0.1, 0.15) is 6.92 Å². The van der Waals surface area contributed by atoms with Gasteiger partial charge in [0.2, 0.25) is 6.20 Å². The molecule has 0 fully saturated rings. The minimum absolute atomic E-state index is 0.523. The Kier molecular flexibility index (Phi) is 4.25. The summed E-state index contributed by atoms with van der Waals surface area (Å²) in [6.45, 7) is 1.71. The van der Waals surface area contributed by atoms with Crippen LogP contribution in [0.5, 0.6) is 0 Å². The molecule has 0 atom stereocenters. The highest BCUT2D eigenvalue weighted by Gasteiger charge is 1.85. The predicted molar refractivity (Wildman–Crippen MR) is 42.0 cm³/mol. The van der Waals surface area contributed by atoms with Crippen molar-refractivity contribution in [3.05, 3.63) is 21.7 Å². The van der Waals surface area contributed by atoms with E-state index in [0.29, 0.717) is 4.20 Å². The van der Waals surface area contributed by atoms with Crippen LogP contribution in [0, 0.1) is 10.1 Å². The van der Waals surface area contributed by atoms with Gasteiger partial charge in [-0.2, -0.15) is 0 Å². The Morgan fingerprint density at radius 3 is 2.78 bits per heavy atom. The van der Waals surface area contributed by atoms with Gasteiger partial charge in [-0.25, -0.2) is 0 Å². The summed E-state index contributed by atoms with van der Waals surface area (Å²) in [5.74, 6) is 0. The van der Waals surface area contributed by atoms with Crippen molar-refractivity contribution >= 4 is 28.2 Å². The maximum atomic E-state index is 9.64. The molecular formula is C4H5NO2S2. The first-order valence-electron chi connectivity index (χ1n) is 2.10. The van der Waals surface area contributed by atoms with E-state index in [9.17, 15) is 10.1 Å². The second-order valence-corrected chi connectivity index (χ2v) is 3.17. The monoisotopic (exact) mass is 163 g/mol. The van der Waals surface area contributed by atoms with E-state index in [1.54, 1.807) is 6.92 Å². The lowest BCUT2D eigenvalue weighted by Crippen LogP contribution is -1.81. The number of hydrogen-bond acceptors (Lipinski definition) is 4. The fourth-order valence-electron chi connectivity index (χ4n) is 0.176. The van der Waals surface area contributed by atoms with Gasteiger partial charge in [0.05, 0.1) is 4.92 Å². The van der Waals surface area contributed by atoms with Gasteiger partial charge in [-0.05, 0) is 6.92 Å². The molecule has 5 heteroatoms. The smallest absolute Gasteiger partial charge is 0.241 e. The van der Waals surface area contributed by atoms with Crippen molar-refractivity contribution in [2.75, 3.05) is 0 Å². The van der Waals surface area contributed by atoms with Crippen molar-refractivity contribution in [2.24, 2.45) is 0 Å². The van der Waals surface area contributed by atoms with Gasteiger partial charge in [0.15, 0.2) is 0 Å². The van der Waals surface area contributed by atoms with Crippen LogP contribution in [-0.2, 0) is 0 Å². The third-order valence-corrected chi connectivity index (χ3v) is 1.29. The topological polar surface area (TPSA) is 43.1 Å². The Bertz CT molecular complexity index is 155. The number of thioether (sulfide) groups is 1. The van der Waals surface area contributed by atoms with Gasteiger partial charge in [0, 0.05) is 9.60 Å². The lowest BCUT2D eigenvalue weighted by molar-refractivity contribution is -0.402. The molecule has 0 heterocycles. The lowest BCUT2D eigenvalue weighted by atomic mass is 11.0. The van der Waals surface area contributed by atoms with Gasteiger partial charge < -0.3 is 0 Å². The van der Waals surface area contributed by atoms with Crippen LogP contribution in [0.3, 0.4) is 0 Å². The number of nitro groups is 1. The van der Waals surface area contributed by atoms with Crippen molar-refractivity contribution in [3.8, 4) is 0 Å². The summed E-state index contributed by atoms with van der Waals surface area (Å²) in [7, 11) is 0. The lowest BCUT2D eigenvalue weighted by Gasteiger charge is -1.81. The molecule has 0 bridgehead atoms. The minimum Gasteiger partial charge on any atom is -0.259 e. The third kappa shape index (κ3) is 7.58. The van der Waals surface area contributed by atoms with Gasteiger partial charge in [0.1, 0.15) is 0 Å². The molecule has 0 aliphatic heterocycles. The fourth-order valence-corrected chi connectivity index (χ4v) is 0.694. The Hall–Kier alpha value is -0.420. The molecule has 3 nitrogen and oxygen atoms in total. The first-order chi connectivity index (χ1) is 4.13. The molecule has 0 N–H and O–H groups in total. The van der Waals surface area contributed by atoms with Crippen LogP contribution >= 0.6 is 24.0 Å². The number of rotatable bonds is 2. The Balaban J connectivity index is 3.48. The maximum absolute atomic E-state index is 9.64. The summed E-state index contributed by atoms with van der Waals surface area (Å²) in [5.41, 5.74) is 0. The van der Waals surface area contributed by atoms with Gasteiger partial charge >= 0.3 is 0 Å². The molecule has 50 valence electrons. The van der Waals surface area contributed by atoms with E-state index >= 15 is 0 Å². The zero-order valence-electron chi connectivity index (χ0n) is 4.73.